The Kier molecular flexibility index (Phi) is 2.73. The van der Waals surface area contributed by atoms with E-state index in [4.69, 9.17) is 4.74 Å². The van der Waals surface area contributed by atoms with E-state index in [1.807, 2.05) is 0 Å². The van der Waals surface area contributed by atoms with Crippen molar-refractivity contribution in [2.75, 3.05) is 11.9 Å². The first-order chi connectivity index (χ1) is 7.92. The Morgan fingerprint density at radius 2 is 2.00 bits per heavy atom. The van der Waals surface area contributed by atoms with Gasteiger partial charge in [0.1, 0.15) is 5.75 Å². The minimum absolute atomic E-state index is 0.452. The van der Waals surface area contributed by atoms with Crippen LogP contribution in [0.3, 0.4) is 0 Å². The first kappa shape index (κ1) is 10.0. The number of hydrogen-bond donors (Lipinski definition) is 1. The molecule has 2 nitrogen and oxygen atoms in total. The third-order valence-corrected chi connectivity index (χ3v) is 3.65. The Balaban J connectivity index is 1.69. The van der Waals surface area contributed by atoms with Crippen LogP contribution in [0.15, 0.2) is 18.2 Å². The van der Waals surface area contributed by atoms with Crippen LogP contribution in [0.1, 0.15) is 37.7 Å². The lowest BCUT2D eigenvalue weighted by atomic mass is 9.98. The molecule has 0 unspecified atom stereocenters. The number of hydrogen-bond acceptors (Lipinski definition) is 2. The predicted octanol–water partition coefficient (Wildman–Crippen LogP) is 3.37. The SMILES string of the molecule is c1cc2c(cc1OC1CCCCC1)NCC2. The fourth-order valence-corrected chi connectivity index (χ4v) is 2.72. The quantitative estimate of drug-likeness (QED) is 0.820. The van der Waals surface area contributed by atoms with Gasteiger partial charge in [0.05, 0.1) is 6.10 Å². The fourth-order valence-electron chi connectivity index (χ4n) is 2.72. The van der Waals surface area contributed by atoms with Gasteiger partial charge in [0, 0.05) is 18.3 Å². The standard InChI is InChI=1S/C14H19NO/c1-2-4-12(5-3-1)16-13-7-6-11-8-9-15-14(11)10-13/h6-7,10,12,15H,1-5,8-9H2. The van der Waals surface area contributed by atoms with Crippen LogP contribution in [0.25, 0.3) is 0 Å². The van der Waals surface area contributed by atoms with Crippen LogP contribution < -0.4 is 10.1 Å². The molecule has 3 rings (SSSR count). The van der Waals surface area contributed by atoms with Gasteiger partial charge in [-0.25, -0.2) is 0 Å². The van der Waals surface area contributed by atoms with Crippen molar-refractivity contribution < 1.29 is 4.74 Å². The van der Waals surface area contributed by atoms with Crippen molar-refractivity contribution in [2.24, 2.45) is 0 Å². The number of benzene rings is 1. The Labute approximate surface area is 97.0 Å². The zero-order valence-electron chi connectivity index (χ0n) is 9.67. The molecule has 0 bridgehead atoms. The highest BCUT2D eigenvalue weighted by atomic mass is 16.5. The third-order valence-electron chi connectivity index (χ3n) is 3.65. The van der Waals surface area contributed by atoms with Gasteiger partial charge in [-0.2, -0.15) is 0 Å². The summed E-state index contributed by atoms with van der Waals surface area (Å²) in [4.78, 5) is 0. The largest absolute Gasteiger partial charge is 0.490 e. The highest BCUT2D eigenvalue weighted by Crippen LogP contribution is 2.29. The minimum atomic E-state index is 0.452. The Morgan fingerprint density at radius 1 is 1.12 bits per heavy atom. The maximum atomic E-state index is 6.04. The summed E-state index contributed by atoms with van der Waals surface area (Å²) < 4.78 is 6.04. The molecule has 1 heterocycles. The fraction of sp³-hybridized carbons (Fsp3) is 0.571. The Morgan fingerprint density at radius 3 is 2.88 bits per heavy atom. The molecule has 0 radical (unpaired) electrons. The van der Waals surface area contributed by atoms with E-state index in [2.05, 4.69) is 23.5 Å². The number of nitrogens with one attached hydrogen (secondary N) is 1. The summed E-state index contributed by atoms with van der Waals surface area (Å²) in [6.07, 6.45) is 8.09. The molecular weight excluding hydrogens is 198 g/mol. The van der Waals surface area contributed by atoms with Crippen LogP contribution in [0.2, 0.25) is 0 Å². The molecule has 0 saturated heterocycles. The average Bonchev–Trinajstić information content (AvgIpc) is 2.77. The average molecular weight is 217 g/mol. The van der Waals surface area contributed by atoms with Gasteiger partial charge in [0.2, 0.25) is 0 Å². The van der Waals surface area contributed by atoms with Gasteiger partial charge in [0.25, 0.3) is 0 Å². The minimum Gasteiger partial charge on any atom is -0.490 e. The van der Waals surface area contributed by atoms with Crippen molar-refractivity contribution in [1.29, 1.82) is 0 Å². The zero-order valence-corrected chi connectivity index (χ0v) is 9.67. The third kappa shape index (κ3) is 2.01. The van der Waals surface area contributed by atoms with E-state index in [-0.39, 0.29) is 0 Å². The maximum Gasteiger partial charge on any atom is 0.121 e. The molecular formula is C14H19NO. The summed E-state index contributed by atoms with van der Waals surface area (Å²) in [5, 5.41) is 3.40. The van der Waals surface area contributed by atoms with Gasteiger partial charge < -0.3 is 10.1 Å². The number of anilines is 1. The van der Waals surface area contributed by atoms with Crippen molar-refractivity contribution in [2.45, 2.75) is 44.6 Å². The van der Waals surface area contributed by atoms with Crippen LogP contribution in [0.5, 0.6) is 5.75 Å². The molecule has 0 amide bonds. The smallest absolute Gasteiger partial charge is 0.121 e. The van der Waals surface area contributed by atoms with Crippen LogP contribution in [0.4, 0.5) is 5.69 Å². The summed E-state index contributed by atoms with van der Waals surface area (Å²) in [7, 11) is 0. The van der Waals surface area contributed by atoms with Crippen LogP contribution in [0, 0.1) is 0 Å². The second-order valence-corrected chi connectivity index (χ2v) is 4.87. The van der Waals surface area contributed by atoms with Crippen molar-refractivity contribution >= 4 is 5.69 Å². The lowest BCUT2D eigenvalue weighted by molar-refractivity contribution is 0.155. The molecule has 1 fully saturated rings. The summed E-state index contributed by atoms with van der Waals surface area (Å²) in [6.45, 7) is 1.07. The lowest BCUT2D eigenvalue weighted by Crippen LogP contribution is -2.19. The van der Waals surface area contributed by atoms with E-state index < -0.39 is 0 Å². The molecule has 1 aliphatic heterocycles. The summed E-state index contributed by atoms with van der Waals surface area (Å²) in [6, 6.07) is 6.49. The second kappa shape index (κ2) is 4.36. The van der Waals surface area contributed by atoms with Gasteiger partial charge in [-0.05, 0) is 43.7 Å². The van der Waals surface area contributed by atoms with E-state index in [1.165, 1.54) is 43.4 Å². The monoisotopic (exact) mass is 217 g/mol. The van der Waals surface area contributed by atoms with Gasteiger partial charge in [-0.15, -0.1) is 0 Å². The Hall–Kier alpha value is -1.18. The van der Waals surface area contributed by atoms with Crippen molar-refractivity contribution in [3.05, 3.63) is 23.8 Å². The summed E-state index contributed by atoms with van der Waals surface area (Å²) in [5.41, 5.74) is 2.70. The van der Waals surface area contributed by atoms with Crippen LogP contribution in [-0.4, -0.2) is 12.6 Å². The molecule has 1 N–H and O–H groups in total. The predicted molar refractivity (Wildman–Crippen MR) is 66.1 cm³/mol. The molecule has 16 heavy (non-hydrogen) atoms. The molecule has 0 spiro atoms. The van der Waals surface area contributed by atoms with Crippen LogP contribution >= 0.6 is 0 Å². The van der Waals surface area contributed by atoms with Crippen molar-refractivity contribution in [3.63, 3.8) is 0 Å². The van der Waals surface area contributed by atoms with E-state index in [9.17, 15) is 0 Å². The molecule has 1 saturated carbocycles. The highest BCUT2D eigenvalue weighted by molar-refractivity contribution is 5.58. The van der Waals surface area contributed by atoms with E-state index in [1.54, 1.807) is 0 Å². The van der Waals surface area contributed by atoms with Gasteiger partial charge >= 0.3 is 0 Å². The van der Waals surface area contributed by atoms with Gasteiger partial charge in [0.15, 0.2) is 0 Å². The molecule has 0 aromatic heterocycles. The van der Waals surface area contributed by atoms with E-state index in [0.29, 0.717) is 6.10 Å². The topological polar surface area (TPSA) is 21.3 Å². The number of ether oxygens (including phenoxy) is 1. The van der Waals surface area contributed by atoms with E-state index >= 15 is 0 Å². The van der Waals surface area contributed by atoms with E-state index in [0.717, 1.165) is 18.7 Å². The lowest BCUT2D eigenvalue weighted by Gasteiger charge is -2.23. The number of rotatable bonds is 2. The first-order valence-electron chi connectivity index (χ1n) is 6.45. The van der Waals surface area contributed by atoms with Gasteiger partial charge in [-0.1, -0.05) is 12.5 Å². The Bertz CT molecular complexity index is 369. The van der Waals surface area contributed by atoms with Crippen molar-refractivity contribution in [1.82, 2.24) is 0 Å². The molecule has 1 aromatic rings. The molecule has 2 heteroatoms. The van der Waals surface area contributed by atoms with Crippen LogP contribution in [-0.2, 0) is 6.42 Å². The second-order valence-electron chi connectivity index (χ2n) is 4.87. The molecule has 1 aromatic carbocycles. The zero-order chi connectivity index (χ0) is 10.8. The molecule has 1 aliphatic carbocycles. The summed E-state index contributed by atoms with van der Waals surface area (Å²) in [5.74, 6) is 1.04. The summed E-state index contributed by atoms with van der Waals surface area (Å²) >= 11 is 0. The first-order valence-corrected chi connectivity index (χ1v) is 6.45. The highest BCUT2D eigenvalue weighted by Gasteiger charge is 2.16. The molecule has 2 aliphatic rings. The number of fused-ring (bicyclic) bond motifs is 1. The van der Waals surface area contributed by atoms with Gasteiger partial charge in [-0.3, -0.25) is 0 Å². The molecule has 86 valence electrons. The van der Waals surface area contributed by atoms with Crippen molar-refractivity contribution in [3.8, 4) is 5.75 Å². The maximum absolute atomic E-state index is 6.04. The molecule has 0 atom stereocenters. The normalized spacial score (nSPS) is 20.2.